The van der Waals surface area contributed by atoms with Crippen molar-refractivity contribution >= 4 is 26.8 Å². The summed E-state index contributed by atoms with van der Waals surface area (Å²) >= 11 is 3.51. The van der Waals surface area contributed by atoms with Gasteiger partial charge >= 0.3 is 0 Å². The SMILES string of the molecule is OCc1cc2ccn(Cc3ccccc3)c2cc1Br. The van der Waals surface area contributed by atoms with E-state index in [0.29, 0.717) is 0 Å². The fraction of sp³-hybridized carbons (Fsp3) is 0.125. The molecule has 2 aromatic carbocycles. The molecular formula is C16H14BrNO. The highest BCUT2D eigenvalue weighted by atomic mass is 79.9. The summed E-state index contributed by atoms with van der Waals surface area (Å²) in [6, 6.07) is 16.6. The number of nitrogens with zero attached hydrogens (tertiary/aromatic N) is 1. The van der Waals surface area contributed by atoms with Gasteiger partial charge in [0, 0.05) is 28.1 Å². The number of fused-ring (bicyclic) bond motifs is 1. The zero-order valence-corrected chi connectivity index (χ0v) is 12.0. The van der Waals surface area contributed by atoms with Crippen molar-refractivity contribution in [2.24, 2.45) is 0 Å². The lowest BCUT2D eigenvalue weighted by molar-refractivity contribution is 0.281. The van der Waals surface area contributed by atoms with Crippen LogP contribution in [-0.2, 0) is 13.2 Å². The molecule has 0 aliphatic heterocycles. The third-order valence-corrected chi connectivity index (χ3v) is 4.04. The number of hydrogen-bond donors (Lipinski definition) is 1. The van der Waals surface area contributed by atoms with Gasteiger partial charge in [-0.05, 0) is 29.3 Å². The molecule has 3 rings (SSSR count). The summed E-state index contributed by atoms with van der Waals surface area (Å²) in [7, 11) is 0. The third-order valence-electron chi connectivity index (χ3n) is 3.31. The van der Waals surface area contributed by atoms with Crippen molar-refractivity contribution in [2.45, 2.75) is 13.2 Å². The van der Waals surface area contributed by atoms with Crippen LogP contribution in [0.25, 0.3) is 10.9 Å². The average Bonchev–Trinajstić information content (AvgIpc) is 2.81. The smallest absolute Gasteiger partial charge is 0.0693 e. The lowest BCUT2D eigenvalue weighted by Crippen LogP contribution is -1.97. The largest absolute Gasteiger partial charge is 0.392 e. The number of rotatable bonds is 3. The summed E-state index contributed by atoms with van der Waals surface area (Å²) < 4.78 is 3.17. The Morgan fingerprint density at radius 3 is 2.58 bits per heavy atom. The van der Waals surface area contributed by atoms with Crippen molar-refractivity contribution in [3.8, 4) is 0 Å². The van der Waals surface area contributed by atoms with Crippen LogP contribution in [0.3, 0.4) is 0 Å². The normalized spacial score (nSPS) is 11.1. The summed E-state index contributed by atoms with van der Waals surface area (Å²) in [6.45, 7) is 0.912. The molecule has 0 saturated heterocycles. The molecule has 0 spiro atoms. The van der Waals surface area contributed by atoms with Crippen molar-refractivity contribution in [3.05, 3.63) is 70.3 Å². The van der Waals surface area contributed by atoms with Gasteiger partial charge in [-0.3, -0.25) is 0 Å². The van der Waals surface area contributed by atoms with Crippen LogP contribution in [0.2, 0.25) is 0 Å². The summed E-state index contributed by atoms with van der Waals surface area (Å²) in [4.78, 5) is 0. The molecular weight excluding hydrogens is 302 g/mol. The van der Waals surface area contributed by atoms with Gasteiger partial charge in [-0.2, -0.15) is 0 Å². The van der Waals surface area contributed by atoms with E-state index in [4.69, 9.17) is 0 Å². The lowest BCUT2D eigenvalue weighted by atomic mass is 10.1. The maximum Gasteiger partial charge on any atom is 0.0693 e. The van der Waals surface area contributed by atoms with Crippen molar-refractivity contribution < 1.29 is 5.11 Å². The van der Waals surface area contributed by atoms with Crippen LogP contribution in [0.1, 0.15) is 11.1 Å². The number of aliphatic hydroxyl groups excluding tert-OH is 1. The van der Waals surface area contributed by atoms with E-state index >= 15 is 0 Å². The summed E-state index contributed by atoms with van der Waals surface area (Å²) in [5.41, 5.74) is 3.38. The van der Waals surface area contributed by atoms with E-state index in [1.807, 2.05) is 12.1 Å². The Labute approximate surface area is 120 Å². The molecule has 3 aromatic rings. The Hall–Kier alpha value is -1.58. The van der Waals surface area contributed by atoms with Gasteiger partial charge in [-0.1, -0.05) is 46.3 Å². The first-order valence-electron chi connectivity index (χ1n) is 6.20. The first-order valence-corrected chi connectivity index (χ1v) is 6.99. The van der Waals surface area contributed by atoms with E-state index < -0.39 is 0 Å². The van der Waals surface area contributed by atoms with Crippen LogP contribution >= 0.6 is 15.9 Å². The molecule has 0 atom stereocenters. The molecule has 19 heavy (non-hydrogen) atoms. The molecule has 0 aliphatic carbocycles. The first kappa shape index (κ1) is 12.5. The van der Waals surface area contributed by atoms with E-state index in [9.17, 15) is 5.11 Å². The third kappa shape index (κ3) is 2.44. The van der Waals surface area contributed by atoms with Gasteiger partial charge in [0.1, 0.15) is 0 Å². The second-order valence-electron chi connectivity index (χ2n) is 4.59. The molecule has 1 heterocycles. The van der Waals surface area contributed by atoms with E-state index in [1.54, 1.807) is 0 Å². The molecule has 0 amide bonds. The fourth-order valence-corrected chi connectivity index (χ4v) is 2.76. The Morgan fingerprint density at radius 1 is 1.05 bits per heavy atom. The minimum atomic E-state index is 0.0559. The molecule has 1 aromatic heterocycles. The molecule has 3 heteroatoms. The average molecular weight is 316 g/mol. The highest BCUT2D eigenvalue weighted by Gasteiger charge is 2.06. The van der Waals surface area contributed by atoms with Gasteiger partial charge in [0.05, 0.1) is 6.61 Å². The van der Waals surface area contributed by atoms with Gasteiger partial charge < -0.3 is 9.67 Å². The van der Waals surface area contributed by atoms with Crippen LogP contribution < -0.4 is 0 Å². The van der Waals surface area contributed by atoms with Crippen molar-refractivity contribution in [2.75, 3.05) is 0 Å². The van der Waals surface area contributed by atoms with Crippen molar-refractivity contribution in [1.29, 1.82) is 0 Å². The van der Waals surface area contributed by atoms with E-state index in [0.717, 1.165) is 22.0 Å². The zero-order chi connectivity index (χ0) is 13.2. The number of aliphatic hydroxyl groups is 1. The molecule has 1 N–H and O–H groups in total. The minimum Gasteiger partial charge on any atom is -0.392 e. The predicted molar refractivity (Wildman–Crippen MR) is 81.1 cm³/mol. The van der Waals surface area contributed by atoms with Gasteiger partial charge in [0.25, 0.3) is 0 Å². The molecule has 0 unspecified atom stereocenters. The highest BCUT2D eigenvalue weighted by molar-refractivity contribution is 9.10. The molecule has 0 bridgehead atoms. The van der Waals surface area contributed by atoms with Crippen molar-refractivity contribution in [3.63, 3.8) is 0 Å². The zero-order valence-electron chi connectivity index (χ0n) is 10.4. The van der Waals surface area contributed by atoms with Crippen LogP contribution in [0, 0.1) is 0 Å². The number of aromatic nitrogens is 1. The van der Waals surface area contributed by atoms with Gasteiger partial charge in [0.2, 0.25) is 0 Å². The Morgan fingerprint density at radius 2 is 1.84 bits per heavy atom. The molecule has 0 radical (unpaired) electrons. The molecule has 0 aliphatic rings. The monoisotopic (exact) mass is 315 g/mol. The van der Waals surface area contributed by atoms with E-state index in [1.165, 1.54) is 11.1 Å². The Kier molecular flexibility index (Phi) is 3.40. The highest BCUT2D eigenvalue weighted by Crippen LogP contribution is 2.26. The van der Waals surface area contributed by atoms with Gasteiger partial charge in [0.15, 0.2) is 0 Å². The number of halogens is 1. The van der Waals surface area contributed by atoms with Gasteiger partial charge in [-0.25, -0.2) is 0 Å². The second-order valence-corrected chi connectivity index (χ2v) is 5.44. The van der Waals surface area contributed by atoms with E-state index in [2.05, 4.69) is 63.1 Å². The van der Waals surface area contributed by atoms with E-state index in [-0.39, 0.29) is 6.61 Å². The summed E-state index contributed by atoms with van der Waals surface area (Å²) in [5.74, 6) is 0. The molecule has 0 fully saturated rings. The van der Waals surface area contributed by atoms with Crippen molar-refractivity contribution in [1.82, 2.24) is 4.57 Å². The van der Waals surface area contributed by atoms with Crippen LogP contribution in [0.15, 0.2) is 59.2 Å². The maximum atomic E-state index is 9.28. The number of hydrogen-bond acceptors (Lipinski definition) is 1. The second kappa shape index (κ2) is 5.19. The fourth-order valence-electron chi connectivity index (χ4n) is 2.30. The Balaban J connectivity index is 2.03. The molecule has 2 nitrogen and oxygen atoms in total. The minimum absolute atomic E-state index is 0.0559. The molecule has 96 valence electrons. The topological polar surface area (TPSA) is 25.2 Å². The summed E-state index contributed by atoms with van der Waals surface area (Å²) in [5, 5.41) is 10.4. The quantitative estimate of drug-likeness (QED) is 0.778. The Bertz CT molecular complexity index is 703. The van der Waals surface area contributed by atoms with Crippen LogP contribution in [-0.4, -0.2) is 9.67 Å². The van der Waals surface area contributed by atoms with Gasteiger partial charge in [-0.15, -0.1) is 0 Å². The predicted octanol–water partition coefficient (Wildman–Crippen LogP) is 3.94. The standard InChI is InChI=1S/C16H14BrNO/c17-15-9-16-13(8-14(15)11-19)6-7-18(16)10-12-4-2-1-3-5-12/h1-9,19H,10-11H2. The summed E-state index contributed by atoms with van der Waals surface area (Å²) in [6.07, 6.45) is 2.09. The number of benzene rings is 2. The maximum absolute atomic E-state index is 9.28. The molecule has 0 saturated carbocycles. The lowest BCUT2D eigenvalue weighted by Gasteiger charge is -2.07. The van der Waals surface area contributed by atoms with Crippen LogP contribution in [0.4, 0.5) is 0 Å². The van der Waals surface area contributed by atoms with Crippen LogP contribution in [0.5, 0.6) is 0 Å². The first-order chi connectivity index (χ1) is 9.28.